The number of aliphatic hydroxyl groups excluding tert-OH is 1. The van der Waals surface area contributed by atoms with Gasteiger partial charge < -0.3 is 14.4 Å². The second kappa shape index (κ2) is 6.24. The van der Waals surface area contributed by atoms with Gasteiger partial charge in [0.05, 0.1) is 18.6 Å². The first-order valence-corrected chi connectivity index (χ1v) is 8.21. The van der Waals surface area contributed by atoms with Crippen LogP contribution >= 0.6 is 11.8 Å². The molecule has 3 atom stereocenters. The first-order valence-electron chi connectivity index (χ1n) is 7.05. The van der Waals surface area contributed by atoms with Crippen LogP contribution in [-0.2, 0) is 4.74 Å². The van der Waals surface area contributed by atoms with Gasteiger partial charge >= 0.3 is 0 Å². The Morgan fingerprint density at radius 1 is 1.21 bits per heavy atom. The zero-order chi connectivity index (χ0) is 13.1. The van der Waals surface area contributed by atoms with E-state index in [2.05, 4.69) is 10.1 Å². The van der Waals surface area contributed by atoms with Gasteiger partial charge in [-0.05, 0) is 12.8 Å². The molecule has 3 rings (SSSR count). The van der Waals surface area contributed by atoms with Crippen molar-refractivity contribution in [1.82, 2.24) is 10.1 Å². The van der Waals surface area contributed by atoms with Crippen LogP contribution in [0.2, 0.25) is 0 Å². The van der Waals surface area contributed by atoms with Gasteiger partial charge in [-0.15, -0.1) is 0 Å². The van der Waals surface area contributed by atoms with Crippen molar-refractivity contribution in [1.29, 1.82) is 0 Å². The van der Waals surface area contributed by atoms with Gasteiger partial charge in [0, 0.05) is 11.5 Å². The van der Waals surface area contributed by atoms with Gasteiger partial charge in [-0.25, -0.2) is 0 Å². The van der Waals surface area contributed by atoms with Gasteiger partial charge in [-0.2, -0.15) is 16.7 Å². The minimum atomic E-state index is -0.350. The molecule has 19 heavy (non-hydrogen) atoms. The third kappa shape index (κ3) is 3.12. The molecule has 2 fully saturated rings. The fourth-order valence-corrected chi connectivity index (χ4v) is 3.58. The summed E-state index contributed by atoms with van der Waals surface area (Å²) < 4.78 is 11.0. The van der Waals surface area contributed by atoms with Gasteiger partial charge in [0.15, 0.2) is 0 Å². The molecule has 1 aliphatic heterocycles. The van der Waals surface area contributed by atoms with E-state index >= 15 is 0 Å². The molecule has 6 heteroatoms. The summed E-state index contributed by atoms with van der Waals surface area (Å²) in [7, 11) is 0. The SMILES string of the molecule is OC1CCCCCC1c1nc(C2CSCCO2)no1. The summed E-state index contributed by atoms with van der Waals surface area (Å²) in [6.07, 6.45) is 4.74. The molecule has 1 saturated heterocycles. The van der Waals surface area contributed by atoms with Crippen LogP contribution in [-0.4, -0.2) is 39.5 Å². The minimum Gasteiger partial charge on any atom is -0.392 e. The molecular formula is C13H20N2O3S. The van der Waals surface area contributed by atoms with E-state index in [-0.39, 0.29) is 18.1 Å². The van der Waals surface area contributed by atoms with E-state index in [0.717, 1.165) is 43.8 Å². The summed E-state index contributed by atoms with van der Waals surface area (Å²) in [6, 6.07) is 0. The fourth-order valence-electron chi connectivity index (χ4n) is 2.74. The summed E-state index contributed by atoms with van der Waals surface area (Å²) in [5.41, 5.74) is 0. The molecule has 0 aromatic carbocycles. The van der Waals surface area contributed by atoms with E-state index in [1.807, 2.05) is 11.8 Å². The first-order chi connectivity index (χ1) is 9.34. The van der Waals surface area contributed by atoms with Crippen molar-refractivity contribution in [3.05, 3.63) is 11.7 Å². The molecule has 1 aliphatic carbocycles. The van der Waals surface area contributed by atoms with E-state index in [4.69, 9.17) is 9.26 Å². The molecule has 1 N–H and O–H groups in total. The van der Waals surface area contributed by atoms with Gasteiger partial charge in [0.25, 0.3) is 0 Å². The second-order valence-corrected chi connectivity index (χ2v) is 6.39. The van der Waals surface area contributed by atoms with Crippen LogP contribution in [0.4, 0.5) is 0 Å². The van der Waals surface area contributed by atoms with E-state index in [1.165, 1.54) is 6.42 Å². The predicted octanol–water partition coefficient (Wildman–Crippen LogP) is 2.28. The molecule has 5 nitrogen and oxygen atoms in total. The van der Waals surface area contributed by atoms with Crippen LogP contribution in [0.5, 0.6) is 0 Å². The smallest absolute Gasteiger partial charge is 0.232 e. The molecule has 0 radical (unpaired) electrons. The molecule has 1 aromatic rings. The summed E-state index contributed by atoms with van der Waals surface area (Å²) in [5.74, 6) is 3.14. The first kappa shape index (κ1) is 13.4. The van der Waals surface area contributed by atoms with Crippen LogP contribution in [0.15, 0.2) is 4.52 Å². The Hall–Kier alpha value is -0.590. The Morgan fingerprint density at radius 3 is 2.95 bits per heavy atom. The van der Waals surface area contributed by atoms with Crippen LogP contribution in [0, 0.1) is 0 Å². The third-order valence-corrected chi connectivity index (χ3v) is 4.85. The Balaban J connectivity index is 1.72. The third-order valence-electron chi connectivity index (χ3n) is 3.86. The quantitative estimate of drug-likeness (QED) is 0.840. The zero-order valence-electron chi connectivity index (χ0n) is 11.0. The minimum absolute atomic E-state index is 0.00000591. The zero-order valence-corrected chi connectivity index (χ0v) is 11.8. The van der Waals surface area contributed by atoms with Crippen molar-refractivity contribution in [2.45, 2.75) is 50.2 Å². The van der Waals surface area contributed by atoms with Gasteiger partial charge in [-0.1, -0.05) is 24.4 Å². The Labute approximate surface area is 117 Å². The number of aromatic nitrogens is 2. The molecule has 0 spiro atoms. The number of ether oxygens (including phenoxy) is 1. The van der Waals surface area contributed by atoms with Crippen molar-refractivity contribution >= 4 is 11.8 Å². The maximum atomic E-state index is 10.2. The Morgan fingerprint density at radius 2 is 2.11 bits per heavy atom. The maximum absolute atomic E-state index is 10.2. The van der Waals surface area contributed by atoms with Gasteiger partial charge in [0.2, 0.25) is 11.7 Å². The standard InChI is InChI=1S/C13H20N2O3S/c16-10-5-3-1-2-4-9(10)13-14-12(15-18-13)11-8-19-7-6-17-11/h9-11,16H,1-8H2. The molecular weight excluding hydrogens is 264 g/mol. The van der Waals surface area contributed by atoms with Crippen molar-refractivity contribution in [3.63, 3.8) is 0 Å². The molecule has 3 unspecified atom stereocenters. The number of hydrogen-bond donors (Lipinski definition) is 1. The molecule has 1 saturated carbocycles. The molecule has 106 valence electrons. The average molecular weight is 284 g/mol. The number of hydrogen-bond acceptors (Lipinski definition) is 6. The van der Waals surface area contributed by atoms with Gasteiger partial charge in [-0.3, -0.25) is 0 Å². The highest BCUT2D eigenvalue weighted by molar-refractivity contribution is 7.99. The highest BCUT2D eigenvalue weighted by Gasteiger charge is 2.30. The van der Waals surface area contributed by atoms with E-state index in [1.54, 1.807) is 0 Å². The lowest BCUT2D eigenvalue weighted by atomic mass is 9.97. The molecule has 0 bridgehead atoms. The van der Waals surface area contributed by atoms with Crippen LogP contribution in [0.25, 0.3) is 0 Å². The molecule has 2 heterocycles. The van der Waals surface area contributed by atoms with Gasteiger partial charge in [0.1, 0.15) is 6.10 Å². The van der Waals surface area contributed by atoms with Crippen molar-refractivity contribution in [2.75, 3.05) is 18.1 Å². The fraction of sp³-hybridized carbons (Fsp3) is 0.846. The van der Waals surface area contributed by atoms with Crippen molar-refractivity contribution in [3.8, 4) is 0 Å². The maximum Gasteiger partial charge on any atom is 0.232 e. The van der Waals surface area contributed by atoms with Crippen LogP contribution in [0.1, 0.15) is 55.8 Å². The lowest BCUT2D eigenvalue weighted by Gasteiger charge is -2.19. The molecule has 1 aromatic heterocycles. The number of aliphatic hydroxyl groups is 1. The summed E-state index contributed by atoms with van der Waals surface area (Å²) in [5, 5.41) is 14.2. The summed E-state index contributed by atoms with van der Waals surface area (Å²) in [6.45, 7) is 0.741. The number of rotatable bonds is 2. The van der Waals surface area contributed by atoms with E-state index in [9.17, 15) is 5.11 Å². The highest BCUT2D eigenvalue weighted by Crippen LogP contribution is 2.32. The van der Waals surface area contributed by atoms with Crippen molar-refractivity contribution < 1.29 is 14.4 Å². The number of nitrogens with zero attached hydrogens (tertiary/aromatic N) is 2. The Bertz CT molecular complexity index is 406. The Kier molecular flexibility index (Phi) is 4.40. The van der Waals surface area contributed by atoms with E-state index < -0.39 is 0 Å². The highest BCUT2D eigenvalue weighted by atomic mass is 32.2. The van der Waals surface area contributed by atoms with Crippen molar-refractivity contribution in [2.24, 2.45) is 0 Å². The normalized spacial score (nSPS) is 33.0. The molecule has 0 amide bonds. The summed E-state index contributed by atoms with van der Waals surface area (Å²) in [4.78, 5) is 4.47. The van der Waals surface area contributed by atoms with Crippen LogP contribution in [0.3, 0.4) is 0 Å². The van der Waals surface area contributed by atoms with E-state index in [0.29, 0.717) is 11.7 Å². The summed E-state index contributed by atoms with van der Waals surface area (Å²) >= 11 is 1.85. The largest absolute Gasteiger partial charge is 0.392 e. The number of thioether (sulfide) groups is 1. The predicted molar refractivity (Wildman–Crippen MR) is 72.1 cm³/mol. The average Bonchev–Trinajstić information content (AvgIpc) is 2.83. The second-order valence-electron chi connectivity index (χ2n) is 5.24. The topological polar surface area (TPSA) is 68.4 Å². The lowest BCUT2D eigenvalue weighted by Crippen LogP contribution is -2.18. The molecule has 2 aliphatic rings. The van der Waals surface area contributed by atoms with Crippen LogP contribution < -0.4 is 0 Å². The monoisotopic (exact) mass is 284 g/mol. The lowest BCUT2D eigenvalue weighted by molar-refractivity contribution is 0.0677.